The van der Waals surface area contributed by atoms with Crippen molar-refractivity contribution in [1.29, 1.82) is 0 Å². The van der Waals surface area contributed by atoms with Gasteiger partial charge in [-0.15, -0.1) is 0 Å². The Balaban J connectivity index is 2.34. The molecular weight excluding hydrogens is 272 g/mol. The lowest BCUT2D eigenvalue weighted by atomic mass is 10.1. The Morgan fingerprint density at radius 2 is 2.00 bits per heavy atom. The van der Waals surface area contributed by atoms with Crippen molar-refractivity contribution in [2.45, 2.75) is 6.04 Å². The molecule has 2 N–H and O–H groups in total. The van der Waals surface area contributed by atoms with Crippen molar-refractivity contribution in [3.63, 3.8) is 0 Å². The van der Waals surface area contributed by atoms with E-state index >= 15 is 0 Å². The van der Waals surface area contributed by atoms with Crippen molar-refractivity contribution in [2.24, 2.45) is 0 Å². The van der Waals surface area contributed by atoms with E-state index in [-0.39, 0.29) is 12.3 Å². The zero-order chi connectivity index (χ0) is 15.2. The molecule has 0 saturated carbocycles. The van der Waals surface area contributed by atoms with Gasteiger partial charge in [-0.25, -0.2) is 0 Å². The number of nitro benzene ring substituents is 1. The molecule has 2 aromatic carbocycles. The first-order valence-electron chi connectivity index (χ1n) is 6.40. The maximum absolute atomic E-state index is 11.1. The van der Waals surface area contributed by atoms with Crippen molar-refractivity contribution in [3.05, 3.63) is 64.2 Å². The van der Waals surface area contributed by atoms with E-state index in [9.17, 15) is 15.2 Å². The zero-order valence-electron chi connectivity index (χ0n) is 11.5. The predicted molar refractivity (Wildman–Crippen MR) is 79.5 cm³/mol. The van der Waals surface area contributed by atoms with Gasteiger partial charge in [0, 0.05) is 12.1 Å². The summed E-state index contributed by atoms with van der Waals surface area (Å²) in [5, 5.41) is 23.6. The van der Waals surface area contributed by atoms with E-state index in [4.69, 9.17) is 4.74 Å². The van der Waals surface area contributed by atoms with Crippen LogP contribution in [0, 0.1) is 10.1 Å². The first kappa shape index (κ1) is 14.8. The number of nitrogens with zero attached hydrogens (tertiary/aromatic N) is 1. The lowest BCUT2D eigenvalue weighted by molar-refractivity contribution is -0.384. The molecule has 1 atom stereocenters. The largest absolute Gasteiger partial charge is 0.497 e. The summed E-state index contributed by atoms with van der Waals surface area (Å²) in [6, 6.07) is 13.3. The molecule has 0 fully saturated rings. The van der Waals surface area contributed by atoms with E-state index < -0.39 is 11.0 Å². The molecular formula is C15H16N2O4. The SMILES string of the molecule is COc1ccc([N+](=O)[O-])c(NC(CO)c2ccccc2)c1. The molecule has 0 bridgehead atoms. The molecule has 0 aliphatic rings. The quantitative estimate of drug-likeness (QED) is 0.630. The van der Waals surface area contributed by atoms with Crippen LogP contribution in [0.4, 0.5) is 11.4 Å². The number of aliphatic hydroxyl groups is 1. The second-order valence-corrected chi connectivity index (χ2v) is 4.43. The standard InChI is InChI=1S/C15H16N2O4/c1-21-12-7-8-15(17(19)20)13(9-12)16-14(10-18)11-5-3-2-4-6-11/h2-9,14,16,18H,10H2,1H3. The Morgan fingerprint density at radius 3 is 2.57 bits per heavy atom. The number of nitro groups is 1. The van der Waals surface area contributed by atoms with Gasteiger partial charge in [0.25, 0.3) is 5.69 Å². The number of anilines is 1. The Bertz CT molecular complexity index is 616. The van der Waals surface area contributed by atoms with Crippen LogP contribution < -0.4 is 10.1 Å². The third kappa shape index (κ3) is 3.49. The summed E-state index contributed by atoms with van der Waals surface area (Å²) in [6.45, 7) is -0.182. The highest BCUT2D eigenvalue weighted by Gasteiger charge is 2.18. The molecule has 1 unspecified atom stereocenters. The summed E-state index contributed by atoms with van der Waals surface area (Å²) < 4.78 is 5.09. The average Bonchev–Trinajstić information content (AvgIpc) is 2.53. The Kier molecular flexibility index (Phi) is 4.73. The summed E-state index contributed by atoms with van der Waals surface area (Å²) in [5.74, 6) is 0.507. The van der Waals surface area contributed by atoms with E-state index in [0.29, 0.717) is 11.4 Å². The molecule has 0 radical (unpaired) electrons. The summed E-state index contributed by atoms with van der Waals surface area (Å²) in [5.41, 5.74) is 1.09. The van der Waals surface area contributed by atoms with Gasteiger partial charge < -0.3 is 15.2 Å². The van der Waals surface area contributed by atoms with Gasteiger partial charge in [-0.2, -0.15) is 0 Å². The molecule has 0 aliphatic heterocycles. The van der Waals surface area contributed by atoms with Gasteiger partial charge in [-0.05, 0) is 11.6 Å². The molecule has 0 spiro atoms. The van der Waals surface area contributed by atoms with Crippen molar-refractivity contribution in [1.82, 2.24) is 0 Å². The number of rotatable bonds is 6. The summed E-state index contributed by atoms with van der Waals surface area (Å²) in [6.07, 6.45) is 0. The van der Waals surface area contributed by atoms with Gasteiger partial charge in [0.1, 0.15) is 11.4 Å². The van der Waals surface area contributed by atoms with Crippen LogP contribution >= 0.6 is 0 Å². The van der Waals surface area contributed by atoms with Crippen LogP contribution in [0.2, 0.25) is 0 Å². The number of aliphatic hydroxyl groups excluding tert-OH is 1. The monoisotopic (exact) mass is 288 g/mol. The number of hydrogen-bond acceptors (Lipinski definition) is 5. The van der Waals surface area contributed by atoms with Gasteiger partial charge in [0.15, 0.2) is 0 Å². The number of methoxy groups -OCH3 is 1. The number of benzene rings is 2. The summed E-state index contributed by atoms with van der Waals surface area (Å²) >= 11 is 0. The fourth-order valence-corrected chi connectivity index (χ4v) is 2.02. The maximum atomic E-state index is 11.1. The lowest BCUT2D eigenvalue weighted by Crippen LogP contribution is -2.15. The van der Waals surface area contributed by atoms with Crippen molar-refractivity contribution in [2.75, 3.05) is 19.0 Å². The average molecular weight is 288 g/mol. The fraction of sp³-hybridized carbons (Fsp3) is 0.200. The predicted octanol–water partition coefficient (Wildman–Crippen LogP) is 2.75. The minimum absolute atomic E-state index is 0.0646. The van der Waals surface area contributed by atoms with Gasteiger partial charge in [-0.3, -0.25) is 10.1 Å². The smallest absolute Gasteiger partial charge is 0.292 e. The minimum Gasteiger partial charge on any atom is -0.497 e. The second-order valence-electron chi connectivity index (χ2n) is 4.43. The number of hydrogen-bond donors (Lipinski definition) is 2. The van der Waals surface area contributed by atoms with Gasteiger partial charge >= 0.3 is 0 Å². The van der Waals surface area contributed by atoms with Crippen LogP contribution in [0.15, 0.2) is 48.5 Å². The van der Waals surface area contributed by atoms with Crippen LogP contribution in [0.3, 0.4) is 0 Å². The Hall–Kier alpha value is -2.60. The fourth-order valence-electron chi connectivity index (χ4n) is 2.02. The lowest BCUT2D eigenvalue weighted by Gasteiger charge is -2.18. The Labute approximate surface area is 122 Å². The van der Waals surface area contributed by atoms with Crippen molar-refractivity contribution in [3.8, 4) is 5.75 Å². The highest BCUT2D eigenvalue weighted by molar-refractivity contribution is 5.65. The second kappa shape index (κ2) is 6.71. The van der Waals surface area contributed by atoms with Gasteiger partial charge in [-0.1, -0.05) is 30.3 Å². The minimum atomic E-state index is -0.471. The molecule has 2 aromatic rings. The third-order valence-electron chi connectivity index (χ3n) is 3.11. The molecule has 2 rings (SSSR count). The van der Waals surface area contributed by atoms with E-state index in [2.05, 4.69) is 5.32 Å². The Morgan fingerprint density at radius 1 is 1.29 bits per heavy atom. The molecule has 6 nitrogen and oxygen atoms in total. The van der Waals surface area contributed by atoms with Crippen molar-refractivity contribution < 1.29 is 14.8 Å². The molecule has 0 amide bonds. The molecule has 21 heavy (non-hydrogen) atoms. The van der Waals surface area contributed by atoms with Crippen LogP contribution in [0.5, 0.6) is 5.75 Å². The van der Waals surface area contributed by atoms with E-state index in [1.807, 2.05) is 30.3 Å². The molecule has 0 heterocycles. The molecule has 0 aliphatic carbocycles. The van der Waals surface area contributed by atoms with E-state index in [1.54, 1.807) is 6.07 Å². The summed E-state index contributed by atoms with van der Waals surface area (Å²) in [7, 11) is 1.49. The molecule has 6 heteroatoms. The van der Waals surface area contributed by atoms with E-state index in [1.165, 1.54) is 19.2 Å². The van der Waals surface area contributed by atoms with Crippen LogP contribution in [0.1, 0.15) is 11.6 Å². The number of ether oxygens (including phenoxy) is 1. The topological polar surface area (TPSA) is 84.6 Å². The number of nitrogens with one attached hydrogen (secondary N) is 1. The molecule has 110 valence electrons. The molecule has 0 saturated heterocycles. The maximum Gasteiger partial charge on any atom is 0.292 e. The first-order chi connectivity index (χ1) is 10.2. The normalized spacial score (nSPS) is 11.7. The highest BCUT2D eigenvalue weighted by Crippen LogP contribution is 2.31. The molecule has 0 aromatic heterocycles. The first-order valence-corrected chi connectivity index (χ1v) is 6.40. The van der Waals surface area contributed by atoms with Crippen LogP contribution in [0.25, 0.3) is 0 Å². The van der Waals surface area contributed by atoms with Crippen LogP contribution in [-0.2, 0) is 0 Å². The zero-order valence-corrected chi connectivity index (χ0v) is 11.5. The summed E-state index contributed by atoms with van der Waals surface area (Å²) in [4.78, 5) is 10.6. The van der Waals surface area contributed by atoms with Gasteiger partial charge in [0.05, 0.1) is 24.7 Å². The van der Waals surface area contributed by atoms with Gasteiger partial charge in [0.2, 0.25) is 0 Å². The van der Waals surface area contributed by atoms with Crippen molar-refractivity contribution >= 4 is 11.4 Å². The van der Waals surface area contributed by atoms with E-state index in [0.717, 1.165) is 5.56 Å². The van der Waals surface area contributed by atoms with Crippen LogP contribution in [-0.4, -0.2) is 23.7 Å². The highest BCUT2D eigenvalue weighted by atomic mass is 16.6. The third-order valence-corrected chi connectivity index (χ3v) is 3.11.